The van der Waals surface area contributed by atoms with E-state index in [0.717, 1.165) is 12.8 Å². The normalized spacial score (nSPS) is 20.9. The van der Waals surface area contributed by atoms with Crippen LogP contribution in [0.3, 0.4) is 0 Å². The van der Waals surface area contributed by atoms with Gasteiger partial charge in [0.2, 0.25) is 10.0 Å². The topological polar surface area (TPSA) is 49.4 Å². The van der Waals surface area contributed by atoms with Gasteiger partial charge < -0.3 is 5.32 Å². The lowest BCUT2D eigenvalue weighted by Gasteiger charge is -2.24. The molecule has 1 fully saturated rings. The van der Waals surface area contributed by atoms with Crippen LogP contribution in [0.5, 0.6) is 0 Å². The van der Waals surface area contributed by atoms with Gasteiger partial charge in [0.1, 0.15) is 4.90 Å². The molecule has 0 spiro atoms. The van der Waals surface area contributed by atoms with E-state index in [9.17, 15) is 8.42 Å². The molecule has 106 valence electrons. The Labute approximate surface area is 127 Å². The van der Waals surface area contributed by atoms with Crippen molar-refractivity contribution < 1.29 is 8.42 Å². The van der Waals surface area contributed by atoms with Gasteiger partial charge in [0, 0.05) is 23.6 Å². The van der Waals surface area contributed by atoms with Crippen LogP contribution in [0.15, 0.2) is 27.6 Å². The van der Waals surface area contributed by atoms with Gasteiger partial charge in [0.15, 0.2) is 0 Å². The Balaban J connectivity index is 2.39. The van der Waals surface area contributed by atoms with E-state index >= 15 is 0 Å². The van der Waals surface area contributed by atoms with Crippen LogP contribution in [0.2, 0.25) is 5.02 Å². The fraction of sp³-hybridized carbons (Fsp3) is 0.500. The number of likely N-dealkylation sites (N-methyl/N-ethyl adjacent to an activating group) is 1. The van der Waals surface area contributed by atoms with Gasteiger partial charge in [-0.1, -0.05) is 17.7 Å². The van der Waals surface area contributed by atoms with Crippen molar-refractivity contribution in [3.8, 4) is 0 Å². The Kier molecular flexibility index (Phi) is 4.89. The lowest BCUT2D eigenvalue weighted by molar-refractivity contribution is 0.379. The number of rotatable bonds is 4. The average molecular weight is 368 g/mol. The second kappa shape index (κ2) is 6.10. The molecular formula is C12H16BrClN2O2S. The monoisotopic (exact) mass is 366 g/mol. The van der Waals surface area contributed by atoms with Crippen molar-refractivity contribution in [2.75, 3.05) is 20.1 Å². The summed E-state index contributed by atoms with van der Waals surface area (Å²) in [7, 11) is -1.70. The van der Waals surface area contributed by atoms with E-state index in [1.54, 1.807) is 22.5 Å². The average Bonchev–Trinajstić information content (AvgIpc) is 2.82. The van der Waals surface area contributed by atoms with E-state index in [1.807, 2.05) is 7.05 Å². The summed E-state index contributed by atoms with van der Waals surface area (Å²) >= 11 is 9.38. The van der Waals surface area contributed by atoms with Crippen molar-refractivity contribution in [3.63, 3.8) is 0 Å². The Morgan fingerprint density at radius 3 is 2.95 bits per heavy atom. The zero-order valence-electron chi connectivity index (χ0n) is 10.6. The third-order valence-corrected chi connectivity index (χ3v) is 6.67. The predicted molar refractivity (Wildman–Crippen MR) is 80.0 cm³/mol. The molecule has 1 aliphatic heterocycles. The fourth-order valence-corrected chi connectivity index (χ4v) is 5.07. The molecule has 0 bridgehead atoms. The van der Waals surface area contributed by atoms with Gasteiger partial charge in [-0.25, -0.2) is 8.42 Å². The van der Waals surface area contributed by atoms with E-state index in [4.69, 9.17) is 11.6 Å². The Morgan fingerprint density at radius 1 is 1.53 bits per heavy atom. The summed E-state index contributed by atoms with van der Waals surface area (Å²) in [6.45, 7) is 1.21. The highest BCUT2D eigenvalue weighted by atomic mass is 79.9. The first-order chi connectivity index (χ1) is 8.98. The molecule has 4 nitrogen and oxygen atoms in total. The molecule has 1 heterocycles. The number of hydrogen-bond donors (Lipinski definition) is 1. The van der Waals surface area contributed by atoms with E-state index in [0.29, 0.717) is 17.6 Å². The summed E-state index contributed by atoms with van der Waals surface area (Å²) in [6, 6.07) is 4.98. The third kappa shape index (κ3) is 2.97. The minimum absolute atomic E-state index is 0.00467. The number of hydrogen-bond acceptors (Lipinski definition) is 3. The zero-order chi connectivity index (χ0) is 14.0. The molecule has 0 amide bonds. The minimum Gasteiger partial charge on any atom is -0.318 e. The first-order valence-corrected chi connectivity index (χ1v) is 8.70. The quantitative estimate of drug-likeness (QED) is 0.889. The second-order valence-corrected chi connectivity index (χ2v) is 7.61. The Hall–Kier alpha value is -0.140. The van der Waals surface area contributed by atoms with Crippen LogP contribution in [0.25, 0.3) is 0 Å². The van der Waals surface area contributed by atoms with Gasteiger partial charge in [-0.15, -0.1) is 0 Å². The Bertz CT molecular complexity index is 565. The highest BCUT2D eigenvalue weighted by molar-refractivity contribution is 9.10. The predicted octanol–water partition coefficient (Wildman–Crippen LogP) is 2.48. The number of nitrogens with zero attached hydrogens (tertiary/aromatic N) is 1. The molecule has 1 aromatic carbocycles. The summed E-state index contributed by atoms with van der Waals surface area (Å²) in [4.78, 5) is 0.173. The third-order valence-electron chi connectivity index (χ3n) is 3.27. The summed E-state index contributed by atoms with van der Waals surface area (Å²) in [5, 5.41) is 3.29. The minimum atomic E-state index is -3.53. The molecule has 1 aromatic rings. The fourth-order valence-electron chi connectivity index (χ4n) is 2.37. The standard InChI is InChI=1S/C12H16BrClN2O2S/c1-15-8-9-4-3-7-16(9)19(17,18)11-6-2-5-10(13)12(11)14/h2,5-6,9,15H,3-4,7-8H2,1H3. The maximum atomic E-state index is 12.7. The van der Waals surface area contributed by atoms with Gasteiger partial charge in [0.05, 0.1) is 5.02 Å². The molecule has 7 heteroatoms. The molecule has 0 radical (unpaired) electrons. The van der Waals surface area contributed by atoms with E-state index < -0.39 is 10.0 Å². The van der Waals surface area contributed by atoms with Crippen molar-refractivity contribution in [3.05, 3.63) is 27.7 Å². The van der Waals surface area contributed by atoms with Gasteiger partial charge in [-0.3, -0.25) is 0 Å². The van der Waals surface area contributed by atoms with Crippen LogP contribution in [0.1, 0.15) is 12.8 Å². The maximum Gasteiger partial charge on any atom is 0.244 e. The first-order valence-electron chi connectivity index (χ1n) is 6.09. The molecule has 0 aromatic heterocycles. The smallest absolute Gasteiger partial charge is 0.244 e. The van der Waals surface area contributed by atoms with E-state index in [2.05, 4.69) is 21.2 Å². The van der Waals surface area contributed by atoms with Crippen LogP contribution in [-0.2, 0) is 10.0 Å². The highest BCUT2D eigenvalue weighted by Gasteiger charge is 2.36. The largest absolute Gasteiger partial charge is 0.318 e. The first kappa shape index (κ1) is 15.3. The van der Waals surface area contributed by atoms with Crippen LogP contribution < -0.4 is 5.32 Å². The van der Waals surface area contributed by atoms with Gasteiger partial charge in [0.25, 0.3) is 0 Å². The molecule has 1 atom stereocenters. The van der Waals surface area contributed by atoms with E-state index in [-0.39, 0.29) is 16.0 Å². The molecule has 1 unspecified atom stereocenters. The SMILES string of the molecule is CNCC1CCCN1S(=O)(=O)c1cccc(Br)c1Cl. The molecule has 1 aliphatic rings. The van der Waals surface area contributed by atoms with Gasteiger partial charge in [-0.2, -0.15) is 4.31 Å². The number of sulfonamides is 1. The lowest BCUT2D eigenvalue weighted by atomic mass is 10.2. The molecule has 1 saturated heterocycles. The van der Waals surface area contributed by atoms with Crippen LogP contribution in [-0.4, -0.2) is 38.9 Å². The molecule has 0 saturated carbocycles. The second-order valence-electron chi connectivity index (χ2n) is 4.52. The summed E-state index contributed by atoms with van der Waals surface area (Å²) in [6.07, 6.45) is 1.77. The highest BCUT2D eigenvalue weighted by Crippen LogP contribution is 2.33. The van der Waals surface area contributed by atoms with Crippen molar-refractivity contribution >= 4 is 37.6 Å². The van der Waals surface area contributed by atoms with Crippen molar-refractivity contribution in [2.45, 2.75) is 23.8 Å². The number of benzene rings is 1. The van der Waals surface area contributed by atoms with Crippen LogP contribution >= 0.6 is 27.5 Å². The summed E-state index contributed by atoms with van der Waals surface area (Å²) in [5.41, 5.74) is 0. The number of nitrogens with one attached hydrogen (secondary N) is 1. The van der Waals surface area contributed by atoms with Crippen molar-refractivity contribution in [2.24, 2.45) is 0 Å². The van der Waals surface area contributed by atoms with Crippen molar-refractivity contribution in [1.29, 1.82) is 0 Å². The number of halogens is 2. The molecule has 19 heavy (non-hydrogen) atoms. The molecular weight excluding hydrogens is 352 g/mol. The van der Waals surface area contributed by atoms with Gasteiger partial charge in [-0.05, 0) is 48.0 Å². The maximum absolute atomic E-state index is 12.7. The molecule has 1 N–H and O–H groups in total. The van der Waals surface area contributed by atoms with Gasteiger partial charge >= 0.3 is 0 Å². The summed E-state index contributed by atoms with van der Waals surface area (Å²) < 4.78 is 27.5. The van der Waals surface area contributed by atoms with E-state index in [1.165, 1.54) is 0 Å². The van der Waals surface area contributed by atoms with Crippen LogP contribution in [0, 0.1) is 0 Å². The van der Waals surface area contributed by atoms with Crippen molar-refractivity contribution in [1.82, 2.24) is 9.62 Å². The Morgan fingerprint density at radius 2 is 2.26 bits per heavy atom. The zero-order valence-corrected chi connectivity index (χ0v) is 13.7. The summed E-state index contributed by atoms with van der Waals surface area (Å²) in [5.74, 6) is 0. The van der Waals surface area contributed by atoms with Crippen LogP contribution in [0.4, 0.5) is 0 Å². The lowest BCUT2D eigenvalue weighted by Crippen LogP contribution is -2.40. The molecule has 0 aliphatic carbocycles. The molecule has 2 rings (SSSR count).